The van der Waals surface area contributed by atoms with Crippen LogP contribution in [0.25, 0.3) is 27.2 Å². The van der Waals surface area contributed by atoms with Crippen LogP contribution in [-0.4, -0.2) is 31.7 Å². The summed E-state index contributed by atoms with van der Waals surface area (Å²) in [4.78, 5) is 12.7. The first-order valence-corrected chi connectivity index (χ1v) is 10.2. The van der Waals surface area contributed by atoms with Crippen LogP contribution in [0, 0.1) is 0 Å². The molecule has 29 heavy (non-hydrogen) atoms. The molecule has 0 radical (unpaired) electrons. The zero-order chi connectivity index (χ0) is 19.6. The molecule has 0 fully saturated rings. The van der Waals surface area contributed by atoms with E-state index in [1.807, 2.05) is 72.8 Å². The van der Waals surface area contributed by atoms with Gasteiger partial charge >= 0.3 is 0 Å². The fourth-order valence-electron chi connectivity index (χ4n) is 3.39. The summed E-state index contributed by atoms with van der Waals surface area (Å²) >= 11 is 1.34. The molecule has 0 saturated carbocycles. The highest BCUT2D eigenvalue weighted by atomic mass is 32.2. The highest BCUT2D eigenvalue weighted by Gasteiger charge is 2.14. The third-order valence-electron chi connectivity index (χ3n) is 4.84. The van der Waals surface area contributed by atoms with Crippen LogP contribution in [0.4, 0.5) is 0 Å². The molecule has 0 N–H and O–H groups in total. The molecule has 0 amide bonds. The van der Waals surface area contributed by atoms with Gasteiger partial charge in [-0.3, -0.25) is 4.79 Å². The van der Waals surface area contributed by atoms with Crippen LogP contribution in [-0.2, 0) is 0 Å². The number of Topliss-reactive ketones (excluding diaryl/α,β-unsaturated/α-hetero) is 1. The summed E-state index contributed by atoms with van der Waals surface area (Å²) in [6.07, 6.45) is 0. The first kappa shape index (κ1) is 17.6. The van der Waals surface area contributed by atoms with Crippen molar-refractivity contribution in [2.24, 2.45) is 0 Å². The van der Waals surface area contributed by atoms with Crippen molar-refractivity contribution < 1.29 is 4.79 Å². The lowest BCUT2D eigenvalue weighted by atomic mass is 10.1. The lowest BCUT2D eigenvalue weighted by molar-refractivity contribution is 0.102. The Kier molecular flexibility index (Phi) is 4.54. The van der Waals surface area contributed by atoms with Crippen LogP contribution in [0.5, 0.6) is 0 Å². The number of aromatic nitrogens is 4. The molecule has 1 heterocycles. The fraction of sp³-hybridized carbons (Fsp3) is 0.0435. The molecule has 0 aliphatic carbocycles. The summed E-state index contributed by atoms with van der Waals surface area (Å²) < 4.78 is 1.70. The Morgan fingerprint density at radius 1 is 0.828 bits per heavy atom. The van der Waals surface area contributed by atoms with E-state index in [4.69, 9.17) is 0 Å². The summed E-state index contributed by atoms with van der Waals surface area (Å²) in [5.41, 5.74) is 1.59. The number of hydrogen-bond acceptors (Lipinski definition) is 5. The van der Waals surface area contributed by atoms with Gasteiger partial charge in [-0.25, -0.2) is 0 Å². The Balaban J connectivity index is 1.40. The molecule has 140 valence electrons. The number of benzene rings is 4. The minimum atomic E-state index is 0.0493. The van der Waals surface area contributed by atoms with Crippen molar-refractivity contribution in [1.29, 1.82) is 0 Å². The van der Waals surface area contributed by atoms with E-state index < -0.39 is 0 Å². The number of ketones is 1. The van der Waals surface area contributed by atoms with Gasteiger partial charge in [0.25, 0.3) is 0 Å². The molecule has 5 aromatic rings. The van der Waals surface area contributed by atoms with Crippen LogP contribution < -0.4 is 0 Å². The van der Waals surface area contributed by atoms with Gasteiger partial charge in [0.1, 0.15) is 0 Å². The van der Waals surface area contributed by atoms with Crippen LogP contribution in [0.2, 0.25) is 0 Å². The summed E-state index contributed by atoms with van der Waals surface area (Å²) in [5.74, 6) is 0.317. The van der Waals surface area contributed by atoms with E-state index in [2.05, 4.69) is 27.7 Å². The van der Waals surface area contributed by atoms with E-state index in [-0.39, 0.29) is 11.5 Å². The summed E-state index contributed by atoms with van der Waals surface area (Å²) in [5, 5.41) is 17.1. The molecule has 5 rings (SSSR count). The fourth-order valence-corrected chi connectivity index (χ4v) is 4.17. The Hall–Kier alpha value is -3.51. The van der Waals surface area contributed by atoms with Gasteiger partial charge in [0.2, 0.25) is 5.16 Å². The van der Waals surface area contributed by atoms with Gasteiger partial charge in [0, 0.05) is 10.9 Å². The van der Waals surface area contributed by atoms with Crippen LogP contribution in [0.1, 0.15) is 10.4 Å². The summed E-state index contributed by atoms with van der Waals surface area (Å²) in [7, 11) is 0. The molecule has 6 heteroatoms. The van der Waals surface area contributed by atoms with Crippen molar-refractivity contribution in [3.8, 4) is 5.69 Å². The molecular weight excluding hydrogens is 380 g/mol. The van der Waals surface area contributed by atoms with Crippen molar-refractivity contribution >= 4 is 39.1 Å². The summed E-state index contributed by atoms with van der Waals surface area (Å²) in [6.45, 7) is 0. The van der Waals surface area contributed by atoms with E-state index in [0.29, 0.717) is 10.7 Å². The highest BCUT2D eigenvalue weighted by Crippen LogP contribution is 2.26. The number of hydrogen-bond donors (Lipinski definition) is 0. The molecule has 4 aromatic carbocycles. The second-order valence-corrected chi connectivity index (χ2v) is 7.59. The van der Waals surface area contributed by atoms with Crippen molar-refractivity contribution in [2.75, 3.05) is 5.75 Å². The molecule has 5 nitrogen and oxygen atoms in total. The third-order valence-corrected chi connectivity index (χ3v) is 5.76. The average Bonchev–Trinajstić information content (AvgIpc) is 3.25. The second-order valence-electron chi connectivity index (χ2n) is 6.65. The number of nitrogens with zero attached hydrogens (tertiary/aromatic N) is 4. The van der Waals surface area contributed by atoms with E-state index >= 15 is 0 Å². The number of carbonyl (C=O) groups excluding carboxylic acids is 1. The highest BCUT2D eigenvalue weighted by molar-refractivity contribution is 7.99. The van der Waals surface area contributed by atoms with Gasteiger partial charge in [-0.1, -0.05) is 84.6 Å². The van der Waals surface area contributed by atoms with Crippen molar-refractivity contribution in [3.63, 3.8) is 0 Å². The number of fused-ring (bicyclic) bond motifs is 2. The maximum Gasteiger partial charge on any atom is 0.214 e. The predicted molar refractivity (Wildman–Crippen MR) is 116 cm³/mol. The Bertz CT molecular complexity index is 1340. The largest absolute Gasteiger partial charge is 0.293 e. The van der Waals surface area contributed by atoms with E-state index in [0.717, 1.165) is 27.2 Å². The first-order chi connectivity index (χ1) is 14.3. The molecular formula is C23H16N4OS. The van der Waals surface area contributed by atoms with Gasteiger partial charge in [0.05, 0.1) is 11.4 Å². The van der Waals surface area contributed by atoms with Gasteiger partial charge in [-0.05, 0) is 38.7 Å². The smallest absolute Gasteiger partial charge is 0.214 e. The number of tetrazole rings is 1. The predicted octanol–water partition coefficient (Wildman–Crippen LogP) is 4.94. The topological polar surface area (TPSA) is 60.7 Å². The van der Waals surface area contributed by atoms with Crippen LogP contribution in [0.15, 0.2) is 90.1 Å². The SMILES string of the molecule is O=C(CSc1nnnn1-c1cccc2ccccc12)c1ccc2ccccc2c1. The number of thioether (sulfide) groups is 1. The van der Waals surface area contributed by atoms with Gasteiger partial charge in [0.15, 0.2) is 5.78 Å². The normalized spacial score (nSPS) is 11.2. The maximum absolute atomic E-state index is 12.7. The number of carbonyl (C=O) groups is 1. The van der Waals surface area contributed by atoms with Crippen molar-refractivity contribution in [3.05, 3.63) is 90.5 Å². The number of rotatable bonds is 5. The van der Waals surface area contributed by atoms with Crippen LogP contribution >= 0.6 is 11.8 Å². The van der Waals surface area contributed by atoms with Crippen molar-refractivity contribution in [1.82, 2.24) is 20.2 Å². The van der Waals surface area contributed by atoms with Gasteiger partial charge < -0.3 is 0 Å². The molecule has 0 aliphatic rings. The van der Waals surface area contributed by atoms with E-state index in [1.54, 1.807) is 4.68 Å². The first-order valence-electron chi connectivity index (χ1n) is 9.21. The molecule has 1 aromatic heterocycles. The molecule has 0 spiro atoms. The lowest BCUT2D eigenvalue weighted by Crippen LogP contribution is -2.05. The van der Waals surface area contributed by atoms with Gasteiger partial charge in [-0.2, -0.15) is 4.68 Å². The van der Waals surface area contributed by atoms with Crippen LogP contribution in [0.3, 0.4) is 0 Å². The molecule has 0 saturated heterocycles. The Morgan fingerprint density at radius 2 is 1.59 bits per heavy atom. The minimum absolute atomic E-state index is 0.0493. The van der Waals surface area contributed by atoms with Crippen molar-refractivity contribution in [2.45, 2.75) is 5.16 Å². The molecule has 0 bridgehead atoms. The lowest BCUT2D eigenvalue weighted by Gasteiger charge is -2.08. The zero-order valence-corrected chi connectivity index (χ0v) is 16.2. The third kappa shape index (κ3) is 3.39. The Morgan fingerprint density at radius 3 is 2.48 bits per heavy atom. The summed E-state index contributed by atoms with van der Waals surface area (Å²) in [6, 6.07) is 27.9. The zero-order valence-electron chi connectivity index (χ0n) is 15.4. The average molecular weight is 396 g/mol. The maximum atomic E-state index is 12.7. The molecule has 0 atom stereocenters. The molecule has 0 unspecified atom stereocenters. The standard InChI is InChI=1S/C23H16N4OS/c28-22(19-13-12-16-6-1-2-8-18(16)14-19)15-29-23-24-25-26-27(23)21-11-5-9-17-7-3-4-10-20(17)21/h1-14H,15H2. The monoisotopic (exact) mass is 396 g/mol. The minimum Gasteiger partial charge on any atom is -0.293 e. The Labute approximate surface area is 171 Å². The van der Waals surface area contributed by atoms with E-state index in [9.17, 15) is 4.79 Å². The molecule has 0 aliphatic heterocycles. The quantitative estimate of drug-likeness (QED) is 0.311. The van der Waals surface area contributed by atoms with Gasteiger partial charge in [-0.15, -0.1) is 5.10 Å². The van der Waals surface area contributed by atoms with E-state index in [1.165, 1.54) is 11.8 Å². The second kappa shape index (κ2) is 7.48.